The van der Waals surface area contributed by atoms with Crippen LogP contribution in [0.25, 0.3) is 0 Å². The summed E-state index contributed by atoms with van der Waals surface area (Å²) in [5.41, 5.74) is 1.58. The van der Waals surface area contributed by atoms with E-state index in [1.165, 1.54) is 19.2 Å². The number of hydrogen-bond donors (Lipinski definition) is 1. The van der Waals surface area contributed by atoms with Gasteiger partial charge in [-0.1, -0.05) is 36.2 Å². The van der Waals surface area contributed by atoms with E-state index in [-0.39, 0.29) is 27.4 Å². The molecule has 0 aliphatic carbocycles. The zero-order valence-electron chi connectivity index (χ0n) is 15.3. The summed E-state index contributed by atoms with van der Waals surface area (Å²) in [6, 6.07) is 11.2. The van der Waals surface area contributed by atoms with Gasteiger partial charge in [-0.3, -0.25) is 9.10 Å². The monoisotopic (exact) mass is 394 g/mol. The summed E-state index contributed by atoms with van der Waals surface area (Å²) in [6.07, 6.45) is 0.782. The maximum Gasteiger partial charge on any atom is 0.264 e. The second kappa shape index (κ2) is 8.10. The highest BCUT2D eigenvalue weighted by Gasteiger charge is 2.23. The van der Waals surface area contributed by atoms with E-state index in [1.807, 2.05) is 20.8 Å². The lowest BCUT2D eigenvalue weighted by Gasteiger charge is -2.21. The molecule has 26 heavy (non-hydrogen) atoms. The lowest BCUT2D eigenvalue weighted by Crippen LogP contribution is -2.32. The summed E-state index contributed by atoms with van der Waals surface area (Å²) in [4.78, 5) is 12.6. The van der Waals surface area contributed by atoms with Crippen LogP contribution in [0, 0.1) is 6.92 Å². The Balaban J connectivity index is 2.37. The van der Waals surface area contributed by atoms with Crippen LogP contribution >= 0.6 is 11.6 Å². The zero-order valence-corrected chi connectivity index (χ0v) is 16.9. The van der Waals surface area contributed by atoms with E-state index in [9.17, 15) is 13.2 Å². The SMILES string of the molecule is CCC(C)NC(=O)c1cc(N(C)S(=O)(=O)c2ccc(C)cc2)ccc1Cl. The first-order valence-electron chi connectivity index (χ1n) is 8.32. The van der Waals surface area contributed by atoms with Gasteiger partial charge in [-0.2, -0.15) is 0 Å². The smallest absolute Gasteiger partial charge is 0.264 e. The molecular formula is C19H23ClN2O3S. The molecule has 140 valence electrons. The van der Waals surface area contributed by atoms with Crippen LogP contribution in [0.15, 0.2) is 47.4 Å². The first-order valence-corrected chi connectivity index (χ1v) is 10.1. The molecule has 0 radical (unpaired) electrons. The Kier molecular flexibility index (Phi) is 6.31. The number of nitrogens with one attached hydrogen (secondary N) is 1. The molecule has 2 aromatic rings. The van der Waals surface area contributed by atoms with Crippen molar-refractivity contribution in [2.45, 2.75) is 38.1 Å². The third kappa shape index (κ3) is 4.37. The summed E-state index contributed by atoms with van der Waals surface area (Å²) in [7, 11) is -2.28. The highest BCUT2D eigenvalue weighted by molar-refractivity contribution is 7.92. The van der Waals surface area contributed by atoms with Gasteiger partial charge in [0.15, 0.2) is 0 Å². The summed E-state index contributed by atoms with van der Waals surface area (Å²) in [5.74, 6) is -0.327. The molecule has 1 unspecified atom stereocenters. The number of aryl methyl sites for hydroxylation is 1. The fourth-order valence-corrected chi connectivity index (χ4v) is 3.68. The summed E-state index contributed by atoms with van der Waals surface area (Å²) in [5, 5.41) is 3.11. The molecule has 0 aliphatic rings. The van der Waals surface area contributed by atoms with Gasteiger partial charge >= 0.3 is 0 Å². The average molecular weight is 395 g/mol. The van der Waals surface area contributed by atoms with Crippen LogP contribution in [0.4, 0.5) is 5.69 Å². The minimum absolute atomic E-state index is 0.00348. The van der Waals surface area contributed by atoms with Crippen molar-refractivity contribution in [1.29, 1.82) is 0 Å². The molecule has 0 bridgehead atoms. The van der Waals surface area contributed by atoms with Crippen molar-refractivity contribution in [3.05, 3.63) is 58.6 Å². The van der Waals surface area contributed by atoms with Gasteiger partial charge in [-0.05, 0) is 50.6 Å². The number of nitrogens with zero attached hydrogens (tertiary/aromatic N) is 1. The van der Waals surface area contributed by atoms with Gasteiger partial charge in [0, 0.05) is 13.1 Å². The molecule has 0 saturated heterocycles. The molecule has 2 aromatic carbocycles. The van der Waals surface area contributed by atoms with E-state index in [2.05, 4.69) is 5.32 Å². The second-order valence-corrected chi connectivity index (χ2v) is 8.61. The van der Waals surface area contributed by atoms with Gasteiger partial charge in [0.1, 0.15) is 0 Å². The van der Waals surface area contributed by atoms with Gasteiger partial charge in [0.2, 0.25) is 0 Å². The van der Waals surface area contributed by atoms with Crippen molar-refractivity contribution in [2.24, 2.45) is 0 Å². The summed E-state index contributed by atoms with van der Waals surface area (Å²) >= 11 is 6.14. The molecule has 5 nitrogen and oxygen atoms in total. The number of hydrogen-bond acceptors (Lipinski definition) is 3. The van der Waals surface area contributed by atoms with Crippen molar-refractivity contribution in [1.82, 2.24) is 5.32 Å². The van der Waals surface area contributed by atoms with Gasteiger partial charge in [-0.25, -0.2) is 8.42 Å². The van der Waals surface area contributed by atoms with Crippen LogP contribution < -0.4 is 9.62 Å². The van der Waals surface area contributed by atoms with Gasteiger partial charge in [0.05, 0.1) is 21.2 Å². The molecule has 1 N–H and O–H groups in total. The highest BCUT2D eigenvalue weighted by atomic mass is 35.5. The minimum atomic E-state index is -3.73. The Morgan fingerprint density at radius 2 is 1.81 bits per heavy atom. The molecule has 0 aliphatic heterocycles. The number of amides is 1. The molecule has 2 rings (SSSR count). The van der Waals surface area contributed by atoms with E-state index in [0.717, 1.165) is 16.3 Å². The number of anilines is 1. The average Bonchev–Trinajstić information content (AvgIpc) is 2.61. The van der Waals surface area contributed by atoms with Crippen LogP contribution in [-0.2, 0) is 10.0 Å². The number of rotatable bonds is 6. The fourth-order valence-electron chi connectivity index (χ4n) is 2.29. The van der Waals surface area contributed by atoms with Crippen molar-refractivity contribution in [2.75, 3.05) is 11.4 Å². The molecule has 0 spiro atoms. The highest BCUT2D eigenvalue weighted by Crippen LogP contribution is 2.27. The predicted molar refractivity (Wildman–Crippen MR) is 105 cm³/mol. The number of carbonyl (C=O) groups excluding carboxylic acids is 1. The van der Waals surface area contributed by atoms with E-state index in [4.69, 9.17) is 11.6 Å². The maximum absolute atomic E-state index is 12.8. The maximum atomic E-state index is 12.8. The largest absolute Gasteiger partial charge is 0.350 e. The van der Waals surface area contributed by atoms with Crippen LogP contribution in [-0.4, -0.2) is 27.4 Å². The zero-order chi connectivity index (χ0) is 19.5. The standard InChI is InChI=1S/C19H23ClN2O3S/c1-5-14(3)21-19(23)17-12-15(8-11-18(17)20)22(4)26(24,25)16-9-6-13(2)7-10-16/h6-12,14H,5H2,1-4H3,(H,21,23). The minimum Gasteiger partial charge on any atom is -0.350 e. The lowest BCUT2D eigenvalue weighted by molar-refractivity contribution is 0.0939. The Labute approximate surface area is 160 Å². The number of benzene rings is 2. The fraction of sp³-hybridized carbons (Fsp3) is 0.316. The van der Waals surface area contributed by atoms with E-state index in [1.54, 1.807) is 30.3 Å². The number of halogens is 1. The molecule has 0 heterocycles. The normalized spacial score (nSPS) is 12.5. The van der Waals surface area contributed by atoms with Gasteiger partial charge in [-0.15, -0.1) is 0 Å². The third-order valence-corrected chi connectivity index (χ3v) is 6.36. The van der Waals surface area contributed by atoms with Gasteiger partial charge < -0.3 is 5.32 Å². The van der Waals surface area contributed by atoms with Crippen LogP contribution in [0.5, 0.6) is 0 Å². The first kappa shape index (κ1) is 20.3. The van der Waals surface area contributed by atoms with Crippen molar-refractivity contribution in [3.8, 4) is 0 Å². The summed E-state index contributed by atoms with van der Waals surface area (Å²) in [6.45, 7) is 5.75. The van der Waals surface area contributed by atoms with E-state index >= 15 is 0 Å². The molecule has 7 heteroatoms. The van der Waals surface area contributed by atoms with Crippen molar-refractivity contribution >= 4 is 33.2 Å². The van der Waals surface area contributed by atoms with Crippen LogP contribution in [0.2, 0.25) is 5.02 Å². The first-order chi connectivity index (χ1) is 12.2. The Hall–Kier alpha value is -2.05. The topological polar surface area (TPSA) is 66.5 Å². The molecule has 1 atom stereocenters. The van der Waals surface area contributed by atoms with E-state index < -0.39 is 10.0 Å². The van der Waals surface area contributed by atoms with Crippen molar-refractivity contribution in [3.63, 3.8) is 0 Å². The van der Waals surface area contributed by atoms with Crippen molar-refractivity contribution < 1.29 is 13.2 Å². The Bertz CT molecular complexity index is 896. The third-order valence-electron chi connectivity index (χ3n) is 4.23. The molecule has 0 aromatic heterocycles. The molecular weight excluding hydrogens is 372 g/mol. The predicted octanol–water partition coefficient (Wildman–Crippen LogP) is 4.00. The quantitative estimate of drug-likeness (QED) is 0.805. The van der Waals surface area contributed by atoms with E-state index in [0.29, 0.717) is 5.69 Å². The Morgan fingerprint density at radius 3 is 2.38 bits per heavy atom. The molecule has 0 saturated carbocycles. The molecule has 1 amide bonds. The molecule has 0 fully saturated rings. The Morgan fingerprint density at radius 1 is 1.19 bits per heavy atom. The van der Waals surface area contributed by atoms with Crippen LogP contribution in [0.3, 0.4) is 0 Å². The second-order valence-electron chi connectivity index (χ2n) is 6.23. The number of sulfonamides is 1. The lowest BCUT2D eigenvalue weighted by atomic mass is 10.1. The number of carbonyl (C=O) groups is 1. The van der Waals surface area contributed by atoms with Crippen LogP contribution in [0.1, 0.15) is 36.2 Å². The summed E-state index contributed by atoms with van der Waals surface area (Å²) < 4.78 is 26.8. The van der Waals surface area contributed by atoms with Gasteiger partial charge in [0.25, 0.3) is 15.9 Å².